The summed E-state index contributed by atoms with van der Waals surface area (Å²) in [5.74, 6) is -2.36. The summed E-state index contributed by atoms with van der Waals surface area (Å²) in [6.45, 7) is 0. The molecule has 1 saturated carbocycles. The van der Waals surface area contributed by atoms with Gasteiger partial charge in [-0.2, -0.15) is 0 Å². The first kappa shape index (κ1) is 13.4. The van der Waals surface area contributed by atoms with Crippen LogP contribution in [-0.4, -0.2) is 10.9 Å². The number of hydrogen-bond donors (Lipinski definition) is 1. The standard InChI is InChI=1S/C16H18F2N2/c17-16(18)7-5-12(6-8-16)15(19)13-4-3-11-2-1-9-20-14(11)10-13/h1-4,9-10,12,15H,5-8,19H2. The predicted molar refractivity (Wildman–Crippen MR) is 75.6 cm³/mol. The fourth-order valence-corrected chi connectivity index (χ4v) is 2.98. The van der Waals surface area contributed by atoms with E-state index in [1.807, 2.05) is 30.3 Å². The number of rotatable bonds is 2. The number of aromatic nitrogens is 1. The largest absolute Gasteiger partial charge is 0.324 e. The number of pyridine rings is 1. The summed E-state index contributed by atoms with van der Waals surface area (Å²) in [6.07, 6.45) is 2.65. The first-order valence-corrected chi connectivity index (χ1v) is 7.03. The Morgan fingerprint density at radius 1 is 1.20 bits per heavy atom. The van der Waals surface area contributed by atoms with Crippen molar-refractivity contribution in [3.05, 3.63) is 42.1 Å². The second-order valence-corrected chi connectivity index (χ2v) is 5.67. The van der Waals surface area contributed by atoms with Gasteiger partial charge in [0.15, 0.2) is 0 Å². The minimum atomic E-state index is -2.50. The normalized spacial score (nSPS) is 20.9. The molecule has 1 aromatic carbocycles. The summed E-state index contributed by atoms with van der Waals surface area (Å²) in [4.78, 5) is 4.32. The number of alkyl halides is 2. The third kappa shape index (κ3) is 2.66. The van der Waals surface area contributed by atoms with Crippen LogP contribution >= 0.6 is 0 Å². The lowest BCUT2D eigenvalue weighted by molar-refractivity contribution is -0.0483. The van der Waals surface area contributed by atoms with Gasteiger partial charge in [-0.3, -0.25) is 4.98 Å². The third-order valence-electron chi connectivity index (χ3n) is 4.28. The number of halogens is 2. The van der Waals surface area contributed by atoms with Crippen molar-refractivity contribution in [3.63, 3.8) is 0 Å². The molecule has 106 valence electrons. The van der Waals surface area contributed by atoms with Crippen LogP contribution in [0.4, 0.5) is 8.78 Å². The molecule has 1 fully saturated rings. The maximum Gasteiger partial charge on any atom is 0.248 e. The molecule has 0 bridgehead atoms. The van der Waals surface area contributed by atoms with E-state index >= 15 is 0 Å². The quantitative estimate of drug-likeness (QED) is 0.898. The van der Waals surface area contributed by atoms with Crippen LogP contribution in [0.15, 0.2) is 36.5 Å². The monoisotopic (exact) mass is 276 g/mol. The molecule has 0 amide bonds. The lowest BCUT2D eigenvalue weighted by Gasteiger charge is -2.32. The average molecular weight is 276 g/mol. The highest BCUT2D eigenvalue weighted by Crippen LogP contribution is 2.40. The van der Waals surface area contributed by atoms with E-state index in [0.717, 1.165) is 16.5 Å². The summed E-state index contributed by atoms with van der Waals surface area (Å²) in [5, 5.41) is 1.07. The van der Waals surface area contributed by atoms with Crippen LogP contribution in [0.3, 0.4) is 0 Å². The van der Waals surface area contributed by atoms with E-state index in [1.165, 1.54) is 0 Å². The highest BCUT2D eigenvalue weighted by Gasteiger charge is 2.37. The molecule has 1 aliphatic carbocycles. The Labute approximate surface area is 117 Å². The SMILES string of the molecule is NC(c1ccc2cccnc2c1)C1CCC(F)(F)CC1. The molecule has 20 heavy (non-hydrogen) atoms. The maximum atomic E-state index is 13.2. The second-order valence-electron chi connectivity index (χ2n) is 5.67. The van der Waals surface area contributed by atoms with Crippen molar-refractivity contribution < 1.29 is 8.78 Å². The smallest absolute Gasteiger partial charge is 0.248 e. The molecule has 1 aliphatic rings. The Morgan fingerprint density at radius 3 is 2.70 bits per heavy atom. The van der Waals surface area contributed by atoms with Gasteiger partial charge in [0.2, 0.25) is 5.92 Å². The molecular formula is C16H18F2N2. The van der Waals surface area contributed by atoms with Crippen molar-refractivity contribution in [3.8, 4) is 0 Å². The highest BCUT2D eigenvalue weighted by molar-refractivity contribution is 5.78. The van der Waals surface area contributed by atoms with Crippen molar-refractivity contribution in [2.45, 2.75) is 37.6 Å². The van der Waals surface area contributed by atoms with Crippen molar-refractivity contribution in [1.29, 1.82) is 0 Å². The minimum Gasteiger partial charge on any atom is -0.324 e. The zero-order valence-electron chi connectivity index (χ0n) is 11.2. The van der Waals surface area contributed by atoms with Gasteiger partial charge in [0.1, 0.15) is 0 Å². The van der Waals surface area contributed by atoms with Gasteiger partial charge in [-0.1, -0.05) is 18.2 Å². The fourth-order valence-electron chi connectivity index (χ4n) is 2.98. The van der Waals surface area contributed by atoms with Crippen molar-refractivity contribution in [2.24, 2.45) is 11.7 Å². The summed E-state index contributed by atoms with van der Waals surface area (Å²) in [7, 11) is 0. The molecule has 1 aromatic heterocycles. The van der Waals surface area contributed by atoms with Crippen LogP contribution in [0.2, 0.25) is 0 Å². The number of benzene rings is 1. The summed E-state index contributed by atoms with van der Waals surface area (Å²) in [6, 6.07) is 9.67. The Morgan fingerprint density at radius 2 is 1.95 bits per heavy atom. The number of fused-ring (bicyclic) bond motifs is 1. The lowest BCUT2D eigenvalue weighted by atomic mass is 9.80. The van der Waals surface area contributed by atoms with E-state index in [4.69, 9.17) is 5.73 Å². The molecule has 2 nitrogen and oxygen atoms in total. The molecule has 4 heteroatoms. The Bertz CT molecular complexity index is 602. The molecule has 0 spiro atoms. The van der Waals surface area contributed by atoms with Gasteiger partial charge in [-0.25, -0.2) is 8.78 Å². The molecule has 1 atom stereocenters. The van der Waals surface area contributed by atoms with Crippen LogP contribution in [-0.2, 0) is 0 Å². The molecular weight excluding hydrogens is 258 g/mol. The second kappa shape index (κ2) is 5.09. The van der Waals surface area contributed by atoms with Gasteiger partial charge in [-0.15, -0.1) is 0 Å². The van der Waals surface area contributed by atoms with E-state index < -0.39 is 5.92 Å². The van der Waals surface area contributed by atoms with Crippen molar-refractivity contribution in [1.82, 2.24) is 4.98 Å². The maximum absolute atomic E-state index is 13.2. The molecule has 1 unspecified atom stereocenters. The number of hydrogen-bond acceptors (Lipinski definition) is 2. The topological polar surface area (TPSA) is 38.9 Å². The predicted octanol–water partition coefficient (Wildman–Crippen LogP) is 4.06. The number of nitrogens with two attached hydrogens (primary N) is 1. The van der Waals surface area contributed by atoms with Crippen molar-refractivity contribution >= 4 is 10.9 Å². The van der Waals surface area contributed by atoms with Crippen LogP contribution in [0.5, 0.6) is 0 Å². The van der Waals surface area contributed by atoms with Gasteiger partial charge in [0.25, 0.3) is 0 Å². The van der Waals surface area contributed by atoms with E-state index in [0.29, 0.717) is 12.8 Å². The highest BCUT2D eigenvalue weighted by atomic mass is 19.3. The van der Waals surface area contributed by atoms with Gasteiger partial charge in [0.05, 0.1) is 5.52 Å². The zero-order valence-corrected chi connectivity index (χ0v) is 11.2. The van der Waals surface area contributed by atoms with E-state index in [-0.39, 0.29) is 24.8 Å². The molecule has 0 radical (unpaired) electrons. The van der Waals surface area contributed by atoms with Crippen LogP contribution in [0.25, 0.3) is 10.9 Å². The fraction of sp³-hybridized carbons (Fsp3) is 0.438. The third-order valence-corrected chi connectivity index (χ3v) is 4.28. The van der Waals surface area contributed by atoms with Crippen LogP contribution < -0.4 is 5.73 Å². The molecule has 0 saturated heterocycles. The van der Waals surface area contributed by atoms with Crippen LogP contribution in [0.1, 0.15) is 37.3 Å². The molecule has 3 rings (SSSR count). The van der Waals surface area contributed by atoms with Gasteiger partial charge in [0, 0.05) is 30.5 Å². The van der Waals surface area contributed by atoms with E-state index in [2.05, 4.69) is 4.98 Å². The van der Waals surface area contributed by atoms with Gasteiger partial charge < -0.3 is 5.73 Å². The van der Waals surface area contributed by atoms with Gasteiger partial charge in [-0.05, 0) is 36.5 Å². The molecule has 2 aromatic rings. The van der Waals surface area contributed by atoms with E-state index in [9.17, 15) is 8.78 Å². The number of nitrogens with zero attached hydrogens (tertiary/aromatic N) is 1. The molecule has 1 heterocycles. The summed E-state index contributed by atoms with van der Waals surface area (Å²) < 4.78 is 26.4. The summed E-state index contributed by atoms with van der Waals surface area (Å²) in [5.41, 5.74) is 8.17. The molecule has 0 aliphatic heterocycles. The summed E-state index contributed by atoms with van der Waals surface area (Å²) >= 11 is 0. The van der Waals surface area contributed by atoms with Crippen LogP contribution in [0, 0.1) is 5.92 Å². The lowest BCUT2D eigenvalue weighted by Crippen LogP contribution is -2.30. The minimum absolute atomic E-state index is 0.0444. The van der Waals surface area contributed by atoms with Crippen molar-refractivity contribution in [2.75, 3.05) is 0 Å². The molecule has 2 N–H and O–H groups in total. The van der Waals surface area contributed by atoms with E-state index in [1.54, 1.807) is 6.20 Å². The Kier molecular flexibility index (Phi) is 3.42. The first-order chi connectivity index (χ1) is 9.55. The Hall–Kier alpha value is -1.55. The first-order valence-electron chi connectivity index (χ1n) is 7.03. The Balaban J connectivity index is 1.80. The zero-order chi connectivity index (χ0) is 14.2. The van der Waals surface area contributed by atoms with Gasteiger partial charge >= 0.3 is 0 Å². The average Bonchev–Trinajstić information content (AvgIpc) is 2.46.